The number of aliphatic hydroxyl groups excluding tert-OH is 1. The molecule has 0 saturated heterocycles. The number of nitrogens with zero attached hydrogens (tertiary/aromatic N) is 2. The van der Waals surface area contributed by atoms with Crippen LogP contribution in [0.3, 0.4) is 0 Å². The highest BCUT2D eigenvalue weighted by Gasteiger charge is 2.23. The predicted molar refractivity (Wildman–Crippen MR) is 92.9 cm³/mol. The fourth-order valence-electron chi connectivity index (χ4n) is 3.66. The van der Waals surface area contributed by atoms with E-state index in [1.165, 1.54) is 25.5 Å². The molecule has 7 heteroatoms. The first kappa shape index (κ1) is 17.0. The number of carbonyl (C=O) groups excluding carboxylic acids is 1. The normalized spacial score (nSPS) is 25.2. The highest BCUT2D eigenvalue weighted by Crippen LogP contribution is 2.25. The summed E-state index contributed by atoms with van der Waals surface area (Å²) in [5, 5.41) is 16.5. The maximum Gasteiger partial charge on any atom is 0.254 e. The number of hydrogen-bond donors (Lipinski definition) is 4. The SMILES string of the molecule is NC(=O)c1cnc(NC2CCCCC2)nc1NC1CCC[C@H](O)C1. The van der Waals surface area contributed by atoms with Crippen molar-refractivity contribution in [3.63, 3.8) is 0 Å². The molecular weight excluding hydrogens is 306 g/mol. The third kappa shape index (κ3) is 4.35. The zero-order valence-electron chi connectivity index (χ0n) is 14.0. The van der Waals surface area contributed by atoms with E-state index in [1.54, 1.807) is 0 Å². The summed E-state index contributed by atoms with van der Waals surface area (Å²) in [5.41, 5.74) is 5.75. The van der Waals surface area contributed by atoms with Crippen molar-refractivity contribution >= 4 is 17.7 Å². The van der Waals surface area contributed by atoms with E-state index in [2.05, 4.69) is 20.6 Å². The van der Waals surface area contributed by atoms with Gasteiger partial charge in [-0.1, -0.05) is 19.3 Å². The van der Waals surface area contributed by atoms with Crippen LogP contribution < -0.4 is 16.4 Å². The quantitative estimate of drug-likeness (QED) is 0.656. The molecule has 1 aromatic heterocycles. The van der Waals surface area contributed by atoms with E-state index in [9.17, 15) is 9.90 Å². The van der Waals surface area contributed by atoms with Crippen molar-refractivity contribution < 1.29 is 9.90 Å². The van der Waals surface area contributed by atoms with Gasteiger partial charge in [0, 0.05) is 18.3 Å². The van der Waals surface area contributed by atoms with Crippen LogP contribution in [-0.2, 0) is 0 Å². The lowest BCUT2D eigenvalue weighted by molar-refractivity contribution is 0.100. The van der Waals surface area contributed by atoms with Gasteiger partial charge in [-0.3, -0.25) is 4.79 Å². The van der Waals surface area contributed by atoms with Crippen molar-refractivity contribution in [3.05, 3.63) is 11.8 Å². The second kappa shape index (κ2) is 7.79. The van der Waals surface area contributed by atoms with Crippen LogP contribution in [0, 0.1) is 0 Å². The van der Waals surface area contributed by atoms with Crippen molar-refractivity contribution in [3.8, 4) is 0 Å². The summed E-state index contributed by atoms with van der Waals surface area (Å²) in [7, 11) is 0. The van der Waals surface area contributed by atoms with E-state index in [1.807, 2.05) is 0 Å². The Labute approximate surface area is 142 Å². The molecule has 0 aliphatic heterocycles. The number of primary amides is 1. The average molecular weight is 333 g/mol. The van der Waals surface area contributed by atoms with Gasteiger partial charge in [-0.15, -0.1) is 0 Å². The molecule has 1 aromatic rings. The second-order valence-corrected chi connectivity index (χ2v) is 6.96. The van der Waals surface area contributed by atoms with Gasteiger partial charge in [0.25, 0.3) is 5.91 Å². The summed E-state index contributed by atoms with van der Waals surface area (Å²) in [6.45, 7) is 0. The van der Waals surface area contributed by atoms with Crippen molar-refractivity contribution in [2.45, 2.75) is 76.0 Å². The standard InChI is InChI=1S/C17H27N5O2/c18-15(24)14-10-19-17(21-11-5-2-1-3-6-11)22-16(14)20-12-7-4-8-13(23)9-12/h10-13,23H,1-9H2,(H2,18,24)(H2,19,20,21,22)/t12?,13-/m0/s1. The molecule has 1 unspecified atom stereocenters. The molecular formula is C17H27N5O2. The Morgan fingerprint density at radius 1 is 1.08 bits per heavy atom. The zero-order valence-corrected chi connectivity index (χ0v) is 14.0. The van der Waals surface area contributed by atoms with Crippen LogP contribution in [0.4, 0.5) is 11.8 Å². The molecule has 1 heterocycles. The summed E-state index contributed by atoms with van der Waals surface area (Å²) in [5.74, 6) is 0.457. The van der Waals surface area contributed by atoms with Crippen LogP contribution in [0.25, 0.3) is 0 Å². The number of rotatable bonds is 5. The van der Waals surface area contributed by atoms with E-state index in [0.29, 0.717) is 29.8 Å². The Hall–Kier alpha value is -1.89. The predicted octanol–water partition coefficient (Wildman–Crippen LogP) is 2.04. The Morgan fingerprint density at radius 3 is 2.54 bits per heavy atom. The molecule has 2 saturated carbocycles. The fourth-order valence-corrected chi connectivity index (χ4v) is 3.66. The van der Waals surface area contributed by atoms with E-state index >= 15 is 0 Å². The summed E-state index contributed by atoms with van der Waals surface area (Å²) in [6.07, 6.45) is 10.6. The third-order valence-corrected chi connectivity index (χ3v) is 4.98. The molecule has 132 valence electrons. The third-order valence-electron chi connectivity index (χ3n) is 4.98. The second-order valence-electron chi connectivity index (χ2n) is 6.96. The molecule has 2 aliphatic carbocycles. The van der Waals surface area contributed by atoms with Gasteiger partial charge < -0.3 is 21.5 Å². The van der Waals surface area contributed by atoms with Crippen LogP contribution in [0.15, 0.2) is 6.20 Å². The lowest BCUT2D eigenvalue weighted by Gasteiger charge is -2.28. The van der Waals surface area contributed by atoms with Crippen LogP contribution in [0.1, 0.15) is 68.1 Å². The van der Waals surface area contributed by atoms with Gasteiger partial charge in [0.2, 0.25) is 5.95 Å². The summed E-state index contributed by atoms with van der Waals surface area (Å²) >= 11 is 0. The molecule has 3 rings (SSSR count). The minimum absolute atomic E-state index is 0.101. The fraction of sp³-hybridized carbons (Fsp3) is 0.706. The first-order chi connectivity index (χ1) is 11.6. The lowest BCUT2D eigenvalue weighted by Crippen LogP contribution is -2.31. The maximum atomic E-state index is 11.7. The van der Waals surface area contributed by atoms with Gasteiger partial charge in [0.1, 0.15) is 5.82 Å². The van der Waals surface area contributed by atoms with E-state index in [-0.39, 0.29) is 12.1 Å². The van der Waals surface area contributed by atoms with Crippen LogP contribution in [0.2, 0.25) is 0 Å². The molecule has 0 aromatic carbocycles. The average Bonchev–Trinajstić information content (AvgIpc) is 2.56. The number of amides is 1. The minimum Gasteiger partial charge on any atom is -0.393 e. The van der Waals surface area contributed by atoms with E-state index in [4.69, 9.17) is 5.73 Å². The Kier molecular flexibility index (Phi) is 5.50. The molecule has 5 N–H and O–H groups in total. The number of carbonyl (C=O) groups is 1. The number of hydrogen-bond acceptors (Lipinski definition) is 6. The van der Waals surface area contributed by atoms with E-state index in [0.717, 1.165) is 32.1 Å². The largest absolute Gasteiger partial charge is 0.393 e. The topological polar surface area (TPSA) is 113 Å². The smallest absolute Gasteiger partial charge is 0.254 e. The van der Waals surface area contributed by atoms with Crippen LogP contribution in [0.5, 0.6) is 0 Å². The summed E-state index contributed by atoms with van der Waals surface area (Å²) in [6, 6.07) is 0.492. The highest BCUT2D eigenvalue weighted by atomic mass is 16.3. The van der Waals surface area contributed by atoms with Gasteiger partial charge in [-0.2, -0.15) is 4.98 Å². The van der Waals surface area contributed by atoms with Gasteiger partial charge in [-0.25, -0.2) is 4.98 Å². The number of aliphatic hydroxyl groups is 1. The highest BCUT2D eigenvalue weighted by molar-refractivity contribution is 5.97. The van der Waals surface area contributed by atoms with Gasteiger partial charge in [0.05, 0.1) is 11.7 Å². The zero-order chi connectivity index (χ0) is 16.9. The van der Waals surface area contributed by atoms with E-state index < -0.39 is 5.91 Å². The molecule has 7 nitrogen and oxygen atoms in total. The molecule has 1 amide bonds. The monoisotopic (exact) mass is 333 g/mol. The first-order valence-corrected chi connectivity index (χ1v) is 9.00. The van der Waals surface area contributed by atoms with Crippen LogP contribution in [-0.4, -0.2) is 39.2 Å². The molecule has 2 aliphatic rings. The van der Waals surface area contributed by atoms with Crippen molar-refractivity contribution in [2.75, 3.05) is 10.6 Å². The summed E-state index contributed by atoms with van der Waals surface area (Å²) < 4.78 is 0. The molecule has 0 bridgehead atoms. The van der Waals surface area contributed by atoms with Gasteiger partial charge in [-0.05, 0) is 38.5 Å². The molecule has 0 radical (unpaired) electrons. The number of nitrogens with one attached hydrogen (secondary N) is 2. The number of aromatic nitrogens is 2. The number of nitrogens with two attached hydrogens (primary N) is 1. The van der Waals surface area contributed by atoms with Gasteiger partial charge >= 0.3 is 0 Å². The Bertz CT molecular complexity index is 574. The molecule has 2 atom stereocenters. The molecule has 24 heavy (non-hydrogen) atoms. The number of anilines is 2. The maximum absolute atomic E-state index is 11.7. The van der Waals surface area contributed by atoms with Crippen molar-refractivity contribution in [2.24, 2.45) is 5.73 Å². The minimum atomic E-state index is -0.543. The van der Waals surface area contributed by atoms with Crippen molar-refractivity contribution in [1.82, 2.24) is 9.97 Å². The lowest BCUT2D eigenvalue weighted by atomic mass is 9.93. The Morgan fingerprint density at radius 2 is 1.83 bits per heavy atom. The molecule has 0 spiro atoms. The van der Waals surface area contributed by atoms with Crippen LogP contribution >= 0.6 is 0 Å². The molecule has 2 fully saturated rings. The van der Waals surface area contributed by atoms with Crippen molar-refractivity contribution in [1.29, 1.82) is 0 Å². The Balaban J connectivity index is 1.73. The van der Waals surface area contributed by atoms with Gasteiger partial charge in [0.15, 0.2) is 0 Å². The first-order valence-electron chi connectivity index (χ1n) is 9.00. The summed E-state index contributed by atoms with van der Waals surface area (Å²) in [4.78, 5) is 20.4.